The molecule has 0 saturated heterocycles. The van der Waals surface area contributed by atoms with Gasteiger partial charge in [-0.25, -0.2) is 19.6 Å². The van der Waals surface area contributed by atoms with Crippen molar-refractivity contribution in [3.8, 4) is 0 Å². The minimum absolute atomic E-state index is 0.130. The van der Waals surface area contributed by atoms with Crippen molar-refractivity contribution in [2.75, 3.05) is 0 Å². The Balaban J connectivity index is 1.86. The first-order chi connectivity index (χ1) is 10.1. The average Bonchev–Trinajstić information content (AvgIpc) is 3.07. The third-order valence-electron chi connectivity index (χ3n) is 2.91. The first-order valence-corrected chi connectivity index (χ1v) is 6.27. The van der Waals surface area contributed by atoms with Crippen LogP contribution >= 0.6 is 0 Å². The quantitative estimate of drug-likeness (QED) is 0.578. The molecule has 0 spiro atoms. The Morgan fingerprint density at radius 3 is 2.90 bits per heavy atom. The summed E-state index contributed by atoms with van der Waals surface area (Å²) < 4.78 is 1.76. The van der Waals surface area contributed by atoms with Gasteiger partial charge in [-0.05, 0) is 0 Å². The molecule has 0 aliphatic rings. The van der Waals surface area contributed by atoms with E-state index in [1.54, 1.807) is 24.0 Å². The van der Waals surface area contributed by atoms with Gasteiger partial charge in [-0.2, -0.15) is 0 Å². The normalized spacial score (nSPS) is 11.9. The maximum Gasteiger partial charge on any atom is 0.326 e. The molecule has 112 valence electrons. The fourth-order valence-corrected chi connectivity index (χ4v) is 1.75. The summed E-state index contributed by atoms with van der Waals surface area (Å²) in [5.41, 5.74) is 0.631. The molecule has 0 aliphatic heterocycles. The molecular formula is C12H16N6O3. The third-order valence-corrected chi connectivity index (χ3v) is 2.91. The highest BCUT2D eigenvalue weighted by Gasteiger charge is 2.21. The second kappa shape index (κ2) is 6.55. The number of rotatable bonds is 6. The minimum atomic E-state index is -1.11. The number of imidazole rings is 2. The number of aromatic amines is 1. The van der Waals surface area contributed by atoms with Crippen molar-refractivity contribution in [2.24, 2.45) is 7.05 Å². The van der Waals surface area contributed by atoms with E-state index in [-0.39, 0.29) is 13.0 Å². The van der Waals surface area contributed by atoms with Gasteiger partial charge in [0, 0.05) is 37.8 Å². The maximum atomic E-state index is 11.7. The van der Waals surface area contributed by atoms with Crippen LogP contribution in [-0.2, 0) is 24.8 Å². The SMILES string of the molecule is Cn1ccnc1CNC(=O)N[C@H](Cc1cnc[nH]1)C(=O)O. The Kier molecular flexibility index (Phi) is 4.54. The predicted molar refractivity (Wildman–Crippen MR) is 72.3 cm³/mol. The highest BCUT2D eigenvalue weighted by molar-refractivity contribution is 5.82. The molecule has 9 nitrogen and oxygen atoms in total. The average molecular weight is 292 g/mol. The van der Waals surface area contributed by atoms with Crippen LogP contribution in [0.2, 0.25) is 0 Å². The summed E-state index contributed by atoms with van der Waals surface area (Å²) in [4.78, 5) is 33.6. The monoisotopic (exact) mass is 292 g/mol. The summed E-state index contributed by atoms with van der Waals surface area (Å²) >= 11 is 0. The number of carboxylic acids is 1. The molecule has 0 radical (unpaired) electrons. The van der Waals surface area contributed by atoms with Gasteiger partial charge in [0.05, 0.1) is 12.9 Å². The Bertz CT molecular complexity index is 606. The van der Waals surface area contributed by atoms with Crippen LogP contribution in [0.4, 0.5) is 4.79 Å². The number of aliphatic carboxylic acids is 1. The lowest BCUT2D eigenvalue weighted by molar-refractivity contribution is -0.139. The highest BCUT2D eigenvalue weighted by Crippen LogP contribution is 1.99. The van der Waals surface area contributed by atoms with Crippen LogP contribution in [0.1, 0.15) is 11.5 Å². The molecule has 21 heavy (non-hydrogen) atoms. The standard InChI is InChI=1S/C12H16N6O3/c1-18-3-2-14-10(18)6-15-12(21)17-9(11(19)20)4-8-5-13-7-16-8/h2-3,5,7,9H,4,6H2,1H3,(H,13,16)(H,19,20)(H2,15,17,21)/t9-/m1/s1. The van der Waals surface area contributed by atoms with E-state index in [0.717, 1.165) is 0 Å². The van der Waals surface area contributed by atoms with Crippen molar-refractivity contribution in [2.45, 2.75) is 19.0 Å². The topological polar surface area (TPSA) is 125 Å². The number of H-pyrrole nitrogens is 1. The number of hydrogen-bond donors (Lipinski definition) is 4. The van der Waals surface area contributed by atoms with Crippen molar-refractivity contribution in [3.63, 3.8) is 0 Å². The summed E-state index contributed by atoms with van der Waals surface area (Å²) in [5, 5.41) is 14.1. The van der Waals surface area contributed by atoms with Gasteiger partial charge in [0.2, 0.25) is 0 Å². The van der Waals surface area contributed by atoms with Crippen LogP contribution in [0.3, 0.4) is 0 Å². The predicted octanol–water partition coefficient (Wildman–Crippen LogP) is -0.362. The molecule has 0 aromatic carbocycles. The first kappa shape index (κ1) is 14.6. The van der Waals surface area contributed by atoms with Crippen LogP contribution in [0, 0.1) is 0 Å². The van der Waals surface area contributed by atoms with Gasteiger partial charge in [0.15, 0.2) is 0 Å². The smallest absolute Gasteiger partial charge is 0.326 e. The Morgan fingerprint density at radius 1 is 1.52 bits per heavy atom. The molecule has 0 bridgehead atoms. The summed E-state index contributed by atoms with van der Waals surface area (Å²) in [5.74, 6) is -0.442. The molecule has 4 N–H and O–H groups in total. The van der Waals surface area contributed by atoms with Gasteiger partial charge in [-0.15, -0.1) is 0 Å². The van der Waals surface area contributed by atoms with E-state index in [1.165, 1.54) is 12.5 Å². The molecule has 0 fully saturated rings. The molecule has 0 aliphatic carbocycles. The lowest BCUT2D eigenvalue weighted by atomic mass is 10.2. The molecule has 0 saturated carbocycles. The van der Waals surface area contributed by atoms with Crippen LogP contribution in [0.25, 0.3) is 0 Å². The van der Waals surface area contributed by atoms with Gasteiger partial charge in [0.1, 0.15) is 11.9 Å². The van der Waals surface area contributed by atoms with Crippen molar-refractivity contribution < 1.29 is 14.7 Å². The number of carbonyl (C=O) groups excluding carboxylic acids is 1. The lowest BCUT2D eigenvalue weighted by Gasteiger charge is -2.14. The molecule has 2 amide bonds. The van der Waals surface area contributed by atoms with Crippen LogP contribution < -0.4 is 10.6 Å². The second-order valence-electron chi connectivity index (χ2n) is 4.45. The van der Waals surface area contributed by atoms with Gasteiger partial charge < -0.3 is 25.3 Å². The lowest BCUT2D eigenvalue weighted by Crippen LogP contribution is -2.47. The number of nitrogens with one attached hydrogen (secondary N) is 3. The summed E-state index contributed by atoms with van der Waals surface area (Å²) in [7, 11) is 1.81. The fraction of sp³-hybridized carbons (Fsp3) is 0.333. The zero-order chi connectivity index (χ0) is 15.2. The van der Waals surface area contributed by atoms with Crippen molar-refractivity contribution >= 4 is 12.0 Å². The number of carboxylic acid groups (broad SMARTS) is 1. The minimum Gasteiger partial charge on any atom is -0.480 e. The van der Waals surface area contributed by atoms with Crippen LogP contribution in [-0.4, -0.2) is 42.7 Å². The molecule has 2 heterocycles. The van der Waals surface area contributed by atoms with Crippen LogP contribution in [0.15, 0.2) is 24.9 Å². The number of carbonyl (C=O) groups is 2. The molecule has 9 heteroatoms. The number of nitrogens with zero attached hydrogens (tertiary/aromatic N) is 3. The molecule has 2 rings (SSSR count). The summed E-state index contributed by atoms with van der Waals surface area (Å²) in [6, 6.07) is -1.60. The highest BCUT2D eigenvalue weighted by atomic mass is 16.4. The molecular weight excluding hydrogens is 276 g/mol. The van der Waals surface area contributed by atoms with Crippen molar-refractivity contribution in [1.82, 2.24) is 30.2 Å². The zero-order valence-electron chi connectivity index (χ0n) is 11.4. The van der Waals surface area contributed by atoms with Crippen molar-refractivity contribution in [1.29, 1.82) is 0 Å². The molecule has 1 atom stereocenters. The van der Waals surface area contributed by atoms with Gasteiger partial charge >= 0.3 is 12.0 Å². The Labute approximate surface area is 120 Å². The Hall–Kier alpha value is -2.84. The summed E-state index contributed by atoms with van der Waals surface area (Å²) in [6.07, 6.45) is 6.48. The fourth-order valence-electron chi connectivity index (χ4n) is 1.75. The second-order valence-corrected chi connectivity index (χ2v) is 4.45. The number of aryl methyl sites for hydroxylation is 1. The number of amides is 2. The molecule has 2 aromatic rings. The van der Waals surface area contributed by atoms with Crippen molar-refractivity contribution in [3.05, 3.63) is 36.4 Å². The number of hydrogen-bond acceptors (Lipinski definition) is 4. The van der Waals surface area contributed by atoms with E-state index in [4.69, 9.17) is 5.11 Å². The van der Waals surface area contributed by atoms with Gasteiger partial charge in [0.25, 0.3) is 0 Å². The largest absolute Gasteiger partial charge is 0.480 e. The Morgan fingerprint density at radius 2 is 2.33 bits per heavy atom. The van der Waals surface area contributed by atoms with E-state index in [9.17, 15) is 9.59 Å². The maximum absolute atomic E-state index is 11.7. The number of aromatic nitrogens is 4. The van der Waals surface area contributed by atoms with E-state index in [0.29, 0.717) is 11.5 Å². The first-order valence-electron chi connectivity index (χ1n) is 6.27. The third kappa shape index (κ3) is 4.06. The van der Waals surface area contributed by atoms with Crippen LogP contribution in [0.5, 0.6) is 0 Å². The van der Waals surface area contributed by atoms with Gasteiger partial charge in [-0.3, -0.25) is 0 Å². The van der Waals surface area contributed by atoms with E-state index in [2.05, 4.69) is 25.6 Å². The molecule has 2 aromatic heterocycles. The van der Waals surface area contributed by atoms with Gasteiger partial charge in [-0.1, -0.05) is 0 Å². The zero-order valence-corrected chi connectivity index (χ0v) is 11.4. The van der Waals surface area contributed by atoms with E-state index < -0.39 is 18.0 Å². The van der Waals surface area contributed by atoms with E-state index in [1.807, 2.05) is 0 Å². The molecule has 0 unspecified atom stereocenters. The summed E-state index contributed by atoms with van der Waals surface area (Å²) in [6.45, 7) is 0.214. The number of urea groups is 1. The van der Waals surface area contributed by atoms with E-state index >= 15 is 0 Å².